The Morgan fingerprint density at radius 1 is 1.47 bits per heavy atom. The van der Waals surface area contributed by atoms with Gasteiger partial charge in [0.25, 0.3) is 0 Å². The molecule has 0 fully saturated rings. The number of hydrogen-bond acceptors (Lipinski definition) is 4. The third-order valence-electron chi connectivity index (χ3n) is 2.73. The summed E-state index contributed by atoms with van der Waals surface area (Å²) in [7, 11) is 0. The number of Topliss-reactive ketones (excluding diaryl/α,β-unsaturated/α-hetero) is 1. The van der Waals surface area contributed by atoms with Crippen LogP contribution < -0.4 is 0 Å². The fourth-order valence-electron chi connectivity index (χ4n) is 1.72. The van der Waals surface area contributed by atoms with Crippen LogP contribution >= 0.6 is 34.5 Å². The molecule has 2 heterocycles. The summed E-state index contributed by atoms with van der Waals surface area (Å²) >= 11 is 13.0. The van der Waals surface area contributed by atoms with Crippen LogP contribution in [0, 0.1) is 0 Å². The van der Waals surface area contributed by atoms with Gasteiger partial charge >= 0.3 is 0 Å². The molecule has 3 nitrogen and oxygen atoms in total. The van der Waals surface area contributed by atoms with Gasteiger partial charge in [-0.05, 0) is 24.7 Å². The van der Waals surface area contributed by atoms with Crippen LogP contribution in [0.15, 0.2) is 28.9 Å². The Morgan fingerprint density at radius 3 is 2.79 bits per heavy atom. The fraction of sp³-hybridized carbons (Fsp3) is 0.308. The molecule has 0 amide bonds. The van der Waals surface area contributed by atoms with E-state index in [1.54, 1.807) is 12.3 Å². The molecule has 0 atom stereocenters. The van der Waals surface area contributed by atoms with Crippen molar-refractivity contribution in [3.63, 3.8) is 0 Å². The minimum Gasteiger partial charge on any atom is -0.468 e. The number of ketones is 1. The first kappa shape index (κ1) is 14.6. The molecule has 0 spiro atoms. The summed E-state index contributed by atoms with van der Waals surface area (Å²) in [5.41, 5.74) is 0.495. The van der Waals surface area contributed by atoms with Gasteiger partial charge in [0.1, 0.15) is 10.1 Å². The number of thiophene rings is 1. The van der Waals surface area contributed by atoms with E-state index in [2.05, 4.69) is 0 Å². The van der Waals surface area contributed by atoms with Gasteiger partial charge in [-0.1, -0.05) is 30.1 Å². The molecule has 19 heavy (non-hydrogen) atoms. The molecule has 2 aromatic heterocycles. The lowest BCUT2D eigenvalue weighted by atomic mass is 10.2. The molecule has 2 rings (SSSR count). The predicted molar refractivity (Wildman–Crippen MR) is 78.3 cm³/mol. The Hall–Kier alpha value is -0.810. The number of likely N-dealkylation sites (N-methyl/N-ethyl adjacent to an activating group) is 1. The molecule has 0 N–H and O–H groups in total. The van der Waals surface area contributed by atoms with Crippen molar-refractivity contribution in [2.75, 3.05) is 13.1 Å². The average Bonchev–Trinajstić information content (AvgIpc) is 2.98. The number of halogens is 2. The van der Waals surface area contributed by atoms with Gasteiger partial charge in [-0.15, -0.1) is 11.3 Å². The van der Waals surface area contributed by atoms with Crippen molar-refractivity contribution in [2.24, 2.45) is 0 Å². The van der Waals surface area contributed by atoms with Gasteiger partial charge in [0.15, 0.2) is 5.78 Å². The van der Waals surface area contributed by atoms with E-state index in [0.29, 0.717) is 27.3 Å². The van der Waals surface area contributed by atoms with Crippen LogP contribution in [0.3, 0.4) is 0 Å². The number of nitrogens with zero attached hydrogens (tertiary/aromatic N) is 1. The van der Waals surface area contributed by atoms with E-state index in [4.69, 9.17) is 27.6 Å². The highest BCUT2D eigenvalue weighted by atomic mass is 35.5. The first-order valence-electron chi connectivity index (χ1n) is 5.83. The number of furan rings is 1. The molecular formula is C13H13Cl2NO2S. The first-order chi connectivity index (χ1) is 9.10. The third kappa shape index (κ3) is 3.83. The van der Waals surface area contributed by atoms with Crippen LogP contribution in [0.1, 0.15) is 23.0 Å². The maximum Gasteiger partial charge on any atom is 0.179 e. The lowest BCUT2D eigenvalue weighted by molar-refractivity contribution is 0.0925. The summed E-state index contributed by atoms with van der Waals surface area (Å²) in [6, 6.07) is 5.35. The second-order valence-corrected chi connectivity index (χ2v) is 6.33. The van der Waals surface area contributed by atoms with Crippen molar-refractivity contribution in [3.05, 3.63) is 44.5 Å². The van der Waals surface area contributed by atoms with Crippen LogP contribution in [0.25, 0.3) is 0 Å². The van der Waals surface area contributed by atoms with Crippen molar-refractivity contribution in [1.29, 1.82) is 0 Å². The number of carbonyl (C=O) groups excluding carboxylic acids is 1. The van der Waals surface area contributed by atoms with E-state index in [0.717, 1.165) is 12.3 Å². The Bertz CT molecular complexity index is 551. The van der Waals surface area contributed by atoms with E-state index in [9.17, 15) is 4.79 Å². The molecule has 0 saturated carbocycles. The monoisotopic (exact) mass is 317 g/mol. The normalized spacial score (nSPS) is 11.2. The average molecular weight is 318 g/mol. The maximum absolute atomic E-state index is 12.2. The van der Waals surface area contributed by atoms with Crippen molar-refractivity contribution in [3.8, 4) is 0 Å². The zero-order valence-electron chi connectivity index (χ0n) is 10.4. The summed E-state index contributed by atoms with van der Waals surface area (Å²) in [6.07, 6.45) is 1.63. The van der Waals surface area contributed by atoms with Crippen molar-refractivity contribution < 1.29 is 9.21 Å². The predicted octanol–water partition coefficient (Wildman–Crippen LogP) is 4.35. The lowest BCUT2D eigenvalue weighted by Gasteiger charge is -2.17. The van der Waals surface area contributed by atoms with Crippen molar-refractivity contribution in [2.45, 2.75) is 13.5 Å². The second-order valence-electron chi connectivity index (χ2n) is 4.04. The highest BCUT2D eigenvalue weighted by Crippen LogP contribution is 2.31. The van der Waals surface area contributed by atoms with Gasteiger partial charge in [-0.25, -0.2) is 0 Å². The molecule has 0 aromatic carbocycles. The maximum atomic E-state index is 12.2. The molecule has 0 radical (unpaired) electrons. The minimum atomic E-state index is -0.0263. The Balaban J connectivity index is 2.02. The van der Waals surface area contributed by atoms with E-state index in [1.807, 2.05) is 24.0 Å². The van der Waals surface area contributed by atoms with Gasteiger partial charge in [0, 0.05) is 0 Å². The molecular weight excluding hydrogens is 305 g/mol. The SMILES string of the molecule is CCN(CC(=O)c1cc(Cl)sc1Cl)Cc1ccco1. The van der Waals surface area contributed by atoms with E-state index >= 15 is 0 Å². The summed E-state index contributed by atoms with van der Waals surface area (Å²) < 4.78 is 6.26. The number of hydrogen-bond donors (Lipinski definition) is 0. The third-order valence-corrected chi connectivity index (χ3v) is 4.22. The van der Waals surface area contributed by atoms with Crippen LogP contribution in [0.5, 0.6) is 0 Å². The zero-order valence-corrected chi connectivity index (χ0v) is 12.7. The van der Waals surface area contributed by atoms with Gasteiger partial charge in [-0.3, -0.25) is 9.69 Å². The van der Waals surface area contributed by atoms with Gasteiger partial charge < -0.3 is 4.42 Å². The van der Waals surface area contributed by atoms with Gasteiger partial charge in [0.05, 0.1) is 29.3 Å². The molecule has 2 aromatic rings. The molecule has 0 unspecified atom stereocenters. The lowest BCUT2D eigenvalue weighted by Crippen LogP contribution is -2.29. The van der Waals surface area contributed by atoms with Gasteiger partial charge in [-0.2, -0.15) is 0 Å². The topological polar surface area (TPSA) is 33.5 Å². The largest absolute Gasteiger partial charge is 0.468 e. The Labute approximate surface area is 125 Å². The highest BCUT2D eigenvalue weighted by Gasteiger charge is 2.17. The number of carbonyl (C=O) groups is 1. The zero-order chi connectivity index (χ0) is 13.8. The van der Waals surface area contributed by atoms with E-state index in [-0.39, 0.29) is 5.78 Å². The molecule has 0 aliphatic rings. The molecule has 0 aliphatic carbocycles. The number of rotatable bonds is 6. The quantitative estimate of drug-likeness (QED) is 0.742. The van der Waals surface area contributed by atoms with Crippen molar-refractivity contribution >= 4 is 40.3 Å². The summed E-state index contributed by atoms with van der Waals surface area (Å²) in [4.78, 5) is 14.2. The standard InChI is InChI=1S/C13H13Cl2NO2S/c1-2-16(7-9-4-3-5-18-9)8-11(17)10-6-12(14)19-13(10)15/h3-6H,2,7-8H2,1H3. The van der Waals surface area contributed by atoms with Crippen molar-refractivity contribution in [1.82, 2.24) is 4.90 Å². The summed E-state index contributed by atoms with van der Waals surface area (Å²) in [5, 5.41) is 0. The molecule has 0 bridgehead atoms. The van der Waals surface area contributed by atoms with Crippen LogP contribution in [0.2, 0.25) is 8.67 Å². The Morgan fingerprint density at radius 2 is 2.26 bits per heavy atom. The molecule has 0 aliphatic heterocycles. The van der Waals surface area contributed by atoms with Gasteiger partial charge in [0.2, 0.25) is 0 Å². The van der Waals surface area contributed by atoms with Crippen LogP contribution in [0.4, 0.5) is 0 Å². The minimum absolute atomic E-state index is 0.0263. The van der Waals surface area contributed by atoms with E-state index in [1.165, 1.54) is 11.3 Å². The highest BCUT2D eigenvalue weighted by molar-refractivity contribution is 7.20. The van der Waals surface area contributed by atoms with Crippen LogP contribution in [-0.4, -0.2) is 23.8 Å². The summed E-state index contributed by atoms with van der Waals surface area (Å²) in [6.45, 7) is 3.65. The Kier molecular flexibility index (Phi) is 5.05. The first-order valence-corrected chi connectivity index (χ1v) is 7.40. The fourth-order valence-corrected chi connectivity index (χ4v) is 3.22. The molecule has 0 saturated heterocycles. The second kappa shape index (κ2) is 6.57. The van der Waals surface area contributed by atoms with E-state index < -0.39 is 0 Å². The smallest absolute Gasteiger partial charge is 0.179 e. The summed E-state index contributed by atoms with van der Waals surface area (Å²) in [5.74, 6) is 0.811. The molecule has 102 valence electrons. The van der Waals surface area contributed by atoms with Crippen LogP contribution in [-0.2, 0) is 6.54 Å². The molecule has 6 heteroatoms.